The second-order valence-corrected chi connectivity index (χ2v) is 10.1. The van der Waals surface area contributed by atoms with E-state index in [0.717, 1.165) is 13.1 Å². The quantitative estimate of drug-likeness (QED) is 0.352. The second-order valence-electron chi connectivity index (χ2n) is 9.26. The zero-order valence-electron chi connectivity index (χ0n) is 19.5. The summed E-state index contributed by atoms with van der Waals surface area (Å²) >= 11 is 12.5. The number of rotatable bonds is 6. The summed E-state index contributed by atoms with van der Waals surface area (Å²) in [6.45, 7) is 5.87. The van der Waals surface area contributed by atoms with Crippen LogP contribution in [-0.2, 0) is 0 Å². The Morgan fingerprint density at radius 2 is 1.97 bits per heavy atom. The number of hydrogen-bond acceptors (Lipinski definition) is 7. The van der Waals surface area contributed by atoms with E-state index in [1.165, 1.54) is 18.5 Å². The lowest BCUT2D eigenvalue weighted by Crippen LogP contribution is -2.58. The van der Waals surface area contributed by atoms with Crippen molar-refractivity contribution in [1.29, 1.82) is 5.26 Å². The molecule has 3 aromatic heterocycles. The third-order valence-corrected chi connectivity index (χ3v) is 7.02. The van der Waals surface area contributed by atoms with Crippen LogP contribution in [-0.4, -0.2) is 39.8 Å². The van der Waals surface area contributed by atoms with Crippen molar-refractivity contribution in [1.82, 2.24) is 20.2 Å². The van der Waals surface area contributed by atoms with Crippen molar-refractivity contribution in [3.8, 4) is 23.1 Å². The zero-order chi connectivity index (χ0) is 25.6. The van der Waals surface area contributed by atoms with E-state index in [4.69, 9.17) is 33.7 Å². The van der Waals surface area contributed by atoms with Crippen LogP contribution >= 0.6 is 23.2 Å². The van der Waals surface area contributed by atoms with Gasteiger partial charge >= 0.3 is 0 Å². The number of nitrogens with two attached hydrogens (primary N) is 1. The van der Waals surface area contributed by atoms with Crippen LogP contribution in [0.25, 0.3) is 22.2 Å². The van der Waals surface area contributed by atoms with E-state index >= 15 is 0 Å². The van der Waals surface area contributed by atoms with Gasteiger partial charge in [-0.3, -0.25) is 10.1 Å². The zero-order valence-corrected chi connectivity index (χ0v) is 21.0. The number of benzene rings is 1. The lowest BCUT2D eigenvalue weighted by atomic mass is 9.82. The van der Waals surface area contributed by atoms with Gasteiger partial charge in [0.1, 0.15) is 23.7 Å². The number of H-pyrrole nitrogens is 1. The lowest BCUT2D eigenvalue weighted by molar-refractivity contribution is 0.217. The van der Waals surface area contributed by atoms with Gasteiger partial charge in [0.15, 0.2) is 11.6 Å². The largest absolute Gasteiger partial charge is 0.483 e. The van der Waals surface area contributed by atoms with Crippen molar-refractivity contribution >= 4 is 39.9 Å². The summed E-state index contributed by atoms with van der Waals surface area (Å²) < 4.78 is 20.8. The molecule has 0 spiro atoms. The molecule has 0 radical (unpaired) electrons. The summed E-state index contributed by atoms with van der Waals surface area (Å²) in [5.74, 6) is 0.0492. The highest BCUT2D eigenvalue weighted by molar-refractivity contribution is 6.35. The molecule has 5 rings (SSSR count). The van der Waals surface area contributed by atoms with Gasteiger partial charge in [-0.1, -0.05) is 30.1 Å². The summed E-state index contributed by atoms with van der Waals surface area (Å²) in [4.78, 5) is 10.5. The van der Waals surface area contributed by atoms with Crippen LogP contribution in [0.15, 0.2) is 36.8 Å². The molecule has 0 aliphatic carbocycles. The van der Waals surface area contributed by atoms with Gasteiger partial charge in [-0.05, 0) is 19.1 Å². The molecule has 8 nitrogen and oxygen atoms in total. The van der Waals surface area contributed by atoms with Crippen molar-refractivity contribution in [3.63, 3.8) is 0 Å². The molecular weight excluding hydrogens is 504 g/mol. The number of halogens is 3. The highest BCUT2D eigenvalue weighted by Gasteiger charge is 2.39. The van der Waals surface area contributed by atoms with Crippen LogP contribution in [0.1, 0.15) is 31.1 Å². The summed E-state index contributed by atoms with van der Waals surface area (Å²) in [7, 11) is 0. The molecule has 0 unspecified atom stereocenters. The van der Waals surface area contributed by atoms with Crippen molar-refractivity contribution in [2.75, 3.05) is 24.5 Å². The molecule has 1 aliphatic rings. The molecule has 184 valence electrons. The number of pyridine rings is 2. The number of hydrogen-bond donors (Lipinski definition) is 2. The molecule has 1 atom stereocenters. The minimum Gasteiger partial charge on any atom is -0.483 e. The fraction of sp³-hybridized carbons (Fsp3) is 0.280. The minimum absolute atomic E-state index is 0.00771. The SMILES string of the molecule is C[C@@H](Oc1cc2c(-c3cnc(N4CC(C)(CN)C4)c(C#N)c3)n[nH]c2cc1F)c1c(Cl)cncc1Cl. The maximum absolute atomic E-state index is 14.9. The molecule has 1 fully saturated rings. The van der Waals surface area contributed by atoms with Crippen LogP contribution in [0, 0.1) is 22.6 Å². The molecule has 1 aromatic carbocycles. The monoisotopic (exact) mass is 525 g/mol. The number of ether oxygens (including phenoxy) is 1. The molecule has 4 aromatic rings. The topological polar surface area (TPSA) is 117 Å². The van der Waals surface area contributed by atoms with Crippen LogP contribution in [0.4, 0.5) is 10.2 Å². The molecule has 11 heteroatoms. The average Bonchev–Trinajstić information content (AvgIpc) is 3.24. The Morgan fingerprint density at radius 1 is 1.25 bits per heavy atom. The summed E-state index contributed by atoms with van der Waals surface area (Å²) in [6, 6.07) is 6.83. The van der Waals surface area contributed by atoms with E-state index in [1.54, 1.807) is 25.3 Å². The number of nitriles is 1. The van der Waals surface area contributed by atoms with Crippen molar-refractivity contribution in [2.24, 2.45) is 11.1 Å². The summed E-state index contributed by atoms with van der Waals surface area (Å²) in [5, 5.41) is 18.2. The van der Waals surface area contributed by atoms with Crippen molar-refractivity contribution in [2.45, 2.75) is 20.0 Å². The predicted molar refractivity (Wildman–Crippen MR) is 137 cm³/mol. The van der Waals surface area contributed by atoms with Gasteiger partial charge in [0.25, 0.3) is 0 Å². The van der Waals surface area contributed by atoms with E-state index in [1.807, 2.05) is 4.90 Å². The molecule has 36 heavy (non-hydrogen) atoms. The minimum atomic E-state index is -0.642. The normalized spacial score (nSPS) is 15.4. The van der Waals surface area contributed by atoms with Gasteiger partial charge in [-0.15, -0.1) is 0 Å². The number of aromatic amines is 1. The van der Waals surface area contributed by atoms with Crippen LogP contribution in [0.3, 0.4) is 0 Å². The lowest BCUT2D eigenvalue weighted by Gasteiger charge is -2.48. The second kappa shape index (κ2) is 9.21. The van der Waals surface area contributed by atoms with E-state index in [9.17, 15) is 9.65 Å². The van der Waals surface area contributed by atoms with Crippen LogP contribution < -0.4 is 15.4 Å². The first-order valence-electron chi connectivity index (χ1n) is 11.2. The first-order chi connectivity index (χ1) is 17.2. The number of fused-ring (bicyclic) bond motifs is 1. The first-order valence-corrected chi connectivity index (χ1v) is 12.0. The van der Waals surface area contributed by atoms with Gasteiger partial charge in [0, 0.05) is 66.2 Å². The molecule has 0 amide bonds. The Labute approximate surface area is 216 Å². The first kappa shape index (κ1) is 24.3. The molecule has 3 N–H and O–H groups in total. The Kier molecular flexibility index (Phi) is 6.20. The van der Waals surface area contributed by atoms with Gasteiger partial charge < -0.3 is 15.4 Å². The molecule has 4 heterocycles. The standard InChI is InChI=1S/C25H22Cl2FN7O/c1-13(22-17(26)8-31-9-18(22)27)36-21-4-16-20(5-19(21)28)33-34-23(16)15-3-14(6-29)24(32-7-15)35-11-25(2,10-30)12-35/h3-5,7-9,13H,10-12,30H2,1-2H3,(H,33,34)/t13-/m1/s1. The predicted octanol–water partition coefficient (Wildman–Crippen LogP) is 5.26. The fourth-order valence-corrected chi connectivity index (χ4v) is 5.13. The Balaban J connectivity index is 1.48. The molecule has 0 bridgehead atoms. The summed E-state index contributed by atoms with van der Waals surface area (Å²) in [5.41, 5.74) is 8.42. The fourth-order valence-electron chi connectivity index (χ4n) is 4.46. The maximum atomic E-state index is 14.9. The molecule has 1 aliphatic heterocycles. The Hall–Kier alpha value is -3.45. The molecule has 0 saturated carbocycles. The average molecular weight is 526 g/mol. The van der Waals surface area contributed by atoms with Gasteiger partial charge in [-0.25, -0.2) is 9.37 Å². The van der Waals surface area contributed by atoms with Gasteiger partial charge in [0.05, 0.1) is 21.1 Å². The van der Waals surface area contributed by atoms with Crippen LogP contribution in [0.5, 0.6) is 5.75 Å². The van der Waals surface area contributed by atoms with E-state index in [0.29, 0.717) is 55.7 Å². The Morgan fingerprint density at radius 3 is 2.64 bits per heavy atom. The van der Waals surface area contributed by atoms with Gasteiger partial charge in [0.2, 0.25) is 0 Å². The maximum Gasteiger partial charge on any atom is 0.167 e. The third kappa shape index (κ3) is 4.22. The van der Waals surface area contributed by atoms with E-state index in [2.05, 4.69) is 33.2 Å². The van der Waals surface area contributed by atoms with E-state index in [-0.39, 0.29) is 11.2 Å². The smallest absolute Gasteiger partial charge is 0.167 e. The highest BCUT2D eigenvalue weighted by atomic mass is 35.5. The molecular formula is C25H22Cl2FN7O. The highest BCUT2D eigenvalue weighted by Crippen LogP contribution is 2.38. The number of anilines is 1. The third-order valence-electron chi connectivity index (χ3n) is 6.41. The van der Waals surface area contributed by atoms with Crippen molar-refractivity contribution < 1.29 is 9.13 Å². The van der Waals surface area contributed by atoms with Gasteiger partial charge in [-0.2, -0.15) is 10.4 Å². The summed E-state index contributed by atoms with van der Waals surface area (Å²) in [6.07, 6.45) is 3.93. The molecule has 1 saturated heterocycles. The van der Waals surface area contributed by atoms with Crippen LogP contribution in [0.2, 0.25) is 10.0 Å². The van der Waals surface area contributed by atoms with Crippen molar-refractivity contribution in [3.05, 3.63) is 63.8 Å². The number of aromatic nitrogens is 4. The number of nitrogens with one attached hydrogen (secondary N) is 1. The Bertz CT molecular complexity index is 1490. The number of nitrogens with zero attached hydrogens (tertiary/aromatic N) is 5. The van der Waals surface area contributed by atoms with E-state index < -0.39 is 11.9 Å².